The van der Waals surface area contributed by atoms with Gasteiger partial charge in [0.25, 0.3) is 11.5 Å². The second-order valence-corrected chi connectivity index (χ2v) is 8.00. The summed E-state index contributed by atoms with van der Waals surface area (Å²) < 4.78 is 3.72. The Labute approximate surface area is 174 Å². The fraction of sp³-hybridized carbons (Fsp3) is 0.292. The van der Waals surface area contributed by atoms with Crippen LogP contribution in [0.4, 0.5) is 0 Å². The van der Waals surface area contributed by atoms with Gasteiger partial charge in [-0.3, -0.25) is 14.6 Å². The van der Waals surface area contributed by atoms with Gasteiger partial charge in [0.05, 0.1) is 17.8 Å². The second kappa shape index (κ2) is 7.44. The standard InChI is InChI=1S/C24H24N4O2/c1-27-20-12-5-4-11-18(20)21-19(23(29)26-14-16-8-6-7-13-25-16)15-28(24(30)22(21)27)17-9-2-3-10-17/h4-8,11-13,15,17H,2-3,9-10,14H2,1H3,(H,26,29). The fourth-order valence-electron chi connectivity index (χ4n) is 4.70. The summed E-state index contributed by atoms with van der Waals surface area (Å²) >= 11 is 0. The summed E-state index contributed by atoms with van der Waals surface area (Å²) in [6.45, 7) is 0.342. The number of carbonyl (C=O) groups is 1. The third kappa shape index (κ3) is 3.00. The maximum atomic E-state index is 13.5. The van der Waals surface area contributed by atoms with Gasteiger partial charge in [-0.1, -0.05) is 37.1 Å². The molecule has 3 heterocycles. The van der Waals surface area contributed by atoms with Crippen molar-refractivity contribution in [1.29, 1.82) is 0 Å². The zero-order chi connectivity index (χ0) is 20.7. The van der Waals surface area contributed by atoms with Crippen molar-refractivity contribution in [1.82, 2.24) is 19.4 Å². The van der Waals surface area contributed by atoms with E-state index >= 15 is 0 Å². The highest BCUT2D eigenvalue weighted by atomic mass is 16.2. The molecule has 1 saturated carbocycles. The molecule has 0 saturated heterocycles. The molecule has 1 aliphatic rings. The number of rotatable bonds is 4. The van der Waals surface area contributed by atoms with Gasteiger partial charge in [0.15, 0.2) is 0 Å². The van der Waals surface area contributed by atoms with Crippen LogP contribution in [0.3, 0.4) is 0 Å². The number of hydrogen-bond acceptors (Lipinski definition) is 3. The van der Waals surface area contributed by atoms with Crippen molar-refractivity contribution in [2.75, 3.05) is 0 Å². The Kier molecular flexibility index (Phi) is 4.62. The van der Waals surface area contributed by atoms with E-state index in [1.54, 1.807) is 17.0 Å². The van der Waals surface area contributed by atoms with Gasteiger partial charge in [-0.15, -0.1) is 0 Å². The van der Waals surface area contributed by atoms with Crippen molar-refractivity contribution in [3.05, 3.63) is 76.5 Å². The van der Waals surface area contributed by atoms with E-state index in [4.69, 9.17) is 0 Å². The fourth-order valence-corrected chi connectivity index (χ4v) is 4.70. The molecular weight excluding hydrogens is 376 g/mol. The molecule has 30 heavy (non-hydrogen) atoms. The van der Waals surface area contributed by atoms with E-state index in [2.05, 4.69) is 10.3 Å². The van der Waals surface area contributed by atoms with E-state index in [0.29, 0.717) is 17.6 Å². The van der Waals surface area contributed by atoms with Crippen molar-refractivity contribution in [3.8, 4) is 0 Å². The van der Waals surface area contributed by atoms with Gasteiger partial charge >= 0.3 is 0 Å². The number of amides is 1. The molecule has 0 atom stereocenters. The summed E-state index contributed by atoms with van der Waals surface area (Å²) in [5.74, 6) is -0.186. The SMILES string of the molecule is Cn1c2ccccc2c2c(C(=O)NCc3ccccn3)cn(C3CCCC3)c(=O)c21. The van der Waals surface area contributed by atoms with Crippen molar-refractivity contribution >= 4 is 27.7 Å². The van der Waals surface area contributed by atoms with Crippen molar-refractivity contribution in [3.63, 3.8) is 0 Å². The van der Waals surface area contributed by atoms with Gasteiger partial charge in [-0.2, -0.15) is 0 Å². The summed E-state index contributed by atoms with van der Waals surface area (Å²) in [4.78, 5) is 31.0. The van der Waals surface area contributed by atoms with Crippen LogP contribution in [-0.4, -0.2) is 20.0 Å². The van der Waals surface area contributed by atoms with Crippen LogP contribution in [0.25, 0.3) is 21.8 Å². The number of aromatic nitrogens is 3. The minimum absolute atomic E-state index is 0.0168. The number of para-hydroxylation sites is 1. The summed E-state index contributed by atoms with van der Waals surface area (Å²) in [6, 6.07) is 13.7. The van der Waals surface area contributed by atoms with Crippen LogP contribution in [-0.2, 0) is 13.6 Å². The molecule has 4 aromatic rings. The average molecular weight is 400 g/mol. The van der Waals surface area contributed by atoms with Crippen LogP contribution in [0.2, 0.25) is 0 Å². The van der Waals surface area contributed by atoms with E-state index < -0.39 is 0 Å². The minimum atomic E-state index is -0.186. The number of nitrogens with zero attached hydrogens (tertiary/aromatic N) is 3. The topological polar surface area (TPSA) is 68.9 Å². The predicted molar refractivity (Wildman–Crippen MR) is 118 cm³/mol. The number of nitrogens with one attached hydrogen (secondary N) is 1. The van der Waals surface area contributed by atoms with Crippen molar-refractivity contribution in [2.24, 2.45) is 7.05 Å². The maximum Gasteiger partial charge on any atom is 0.275 e. The predicted octanol–water partition coefficient (Wildman–Crippen LogP) is 3.93. The zero-order valence-electron chi connectivity index (χ0n) is 17.0. The first-order valence-corrected chi connectivity index (χ1v) is 10.5. The molecule has 5 rings (SSSR count). The second-order valence-electron chi connectivity index (χ2n) is 8.00. The molecule has 1 aromatic carbocycles. The molecule has 6 nitrogen and oxygen atoms in total. The van der Waals surface area contributed by atoms with E-state index in [9.17, 15) is 9.59 Å². The van der Waals surface area contributed by atoms with E-state index in [1.807, 2.05) is 54.1 Å². The lowest BCUT2D eigenvalue weighted by Gasteiger charge is -2.16. The number of aryl methyl sites for hydroxylation is 1. The van der Waals surface area contributed by atoms with E-state index in [1.165, 1.54) is 0 Å². The third-order valence-corrected chi connectivity index (χ3v) is 6.20. The molecule has 1 amide bonds. The summed E-state index contributed by atoms with van der Waals surface area (Å²) in [5, 5.41) is 4.64. The Morgan fingerprint density at radius 2 is 1.90 bits per heavy atom. The summed E-state index contributed by atoms with van der Waals surface area (Å²) in [6.07, 6.45) is 7.68. The molecule has 0 bridgehead atoms. The number of benzene rings is 1. The molecule has 0 unspecified atom stereocenters. The minimum Gasteiger partial charge on any atom is -0.346 e. The van der Waals surface area contributed by atoms with Crippen LogP contribution in [0.15, 0.2) is 59.7 Å². The first kappa shape index (κ1) is 18.6. The highest BCUT2D eigenvalue weighted by Gasteiger charge is 2.25. The Morgan fingerprint density at radius 1 is 1.13 bits per heavy atom. The Morgan fingerprint density at radius 3 is 2.67 bits per heavy atom. The molecule has 1 fully saturated rings. The van der Waals surface area contributed by atoms with Crippen LogP contribution < -0.4 is 10.9 Å². The van der Waals surface area contributed by atoms with Gasteiger partial charge in [-0.05, 0) is 31.0 Å². The Balaban J connectivity index is 1.68. The van der Waals surface area contributed by atoms with Crippen LogP contribution in [0, 0.1) is 0 Å². The smallest absolute Gasteiger partial charge is 0.275 e. The molecule has 1 aliphatic carbocycles. The van der Waals surface area contributed by atoms with E-state index in [0.717, 1.165) is 47.7 Å². The molecule has 6 heteroatoms. The molecule has 3 aromatic heterocycles. The molecule has 152 valence electrons. The molecule has 1 N–H and O–H groups in total. The largest absolute Gasteiger partial charge is 0.346 e. The summed E-state index contributed by atoms with van der Waals surface area (Å²) in [7, 11) is 1.90. The Hall–Kier alpha value is -3.41. The molecule has 0 radical (unpaired) electrons. The Bertz CT molecular complexity index is 1300. The monoisotopic (exact) mass is 400 g/mol. The van der Waals surface area contributed by atoms with Crippen LogP contribution >= 0.6 is 0 Å². The highest BCUT2D eigenvalue weighted by Crippen LogP contribution is 2.33. The van der Waals surface area contributed by atoms with Crippen molar-refractivity contribution in [2.45, 2.75) is 38.3 Å². The van der Waals surface area contributed by atoms with Crippen LogP contribution in [0.1, 0.15) is 47.8 Å². The molecule has 0 spiro atoms. The average Bonchev–Trinajstić information content (AvgIpc) is 3.41. The quantitative estimate of drug-likeness (QED) is 0.564. The van der Waals surface area contributed by atoms with E-state index in [-0.39, 0.29) is 17.5 Å². The molecular formula is C24H24N4O2. The first-order chi connectivity index (χ1) is 14.6. The maximum absolute atomic E-state index is 13.5. The van der Waals surface area contributed by atoms with Crippen molar-refractivity contribution < 1.29 is 4.79 Å². The number of pyridine rings is 2. The summed E-state index contributed by atoms with van der Waals surface area (Å²) in [5.41, 5.74) is 2.87. The normalized spacial score (nSPS) is 14.6. The lowest BCUT2D eigenvalue weighted by Crippen LogP contribution is -2.29. The third-order valence-electron chi connectivity index (χ3n) is 6.20. The van der Waals surface area contributed by atoms with Gasteiger partial charge < -0.3 is 14.5 Å². The lowest BCUT2D eigenvalue weighted by atomic mass is 10.1. The number of hydrogen-bond donors (Lipinski definition) is 1. The molecule has 0 aliphatic heterocycles. The van der Waals surface area contributed by atoms with Gasteiger partial charge in [0.1, 0.15) is 5.52 Å². The lowest BCUT2D eigenvalue weighted by molar-refractivity contribution is 0.0951. The number of carbonyl (C=O) groups excluding carboxylic acids is 1. The highest BCUT2D eigenvalue weighted by molar-refractivity contribution is 6.17. The van der Waals surface area contributed by atoms with Gasteiger partial charge in [0, 0.05) is 41.8 Å². The first-order valence-electron chi connectivity index (χ1n) is 10.5. The van der Waals surface area contributed by atoms with Crippen LogP contribution in [0.5, 0.6) is 0 Å². The van der Waals surface area contributed by atoms with Gasteiger partial charge in [0.2, 0.25) is 0 Å². The van der Waals surface area contributed by atoms with Gasteiger partial charge in [-0.25, -0.2) is 0 Å². The number of fused-ring (bicyclic) bond motifs is 3. The zero-order valence-corrected chi connectivity index (χ0v) is 17.0.